The predicted molar refractivity (Wildman–Crippen MR) is 120 cm³/mol. The Kier molecular flexibility index (Phi) is 4.55. The molecular formula is C26H18FNO6. The van der Waals surface area contributed by atoms with E-state index in [1.807, 2.05) is 18.2 Å². The molecule has 0 spiro atoms. The lowest BCUT2D eigenvalue weighted by Gasteiger charge is -2.25. The van der Waals surface area contributed by atoms with Crippen molar-refractivity contribution in [3.8, 4) is 17.2 Å². The number of benzene rings is 3. The summed E-state index contributed by atoms with van der Waals surface area (Å²) in [5.41, 5.74) is 1.37. The maximum atomic E-state index is 13.9. The van der Waals surface area contributed by atoms with Crippen LogP contribution in [0.5, 0.6) is 17.2 Å². The minimum atomic E-state index is -0.744. The maximum Gasteiger partial charge on any atom is 0.291 e. The van der Waals surface area contributed by atoms with Gasteiger partial charge in [0.25, 0.3) is 5.91 Å². The fraction of sp³-hybridized carbons (Fsp3) is 0.154. The molecule has 7 nitrogen and oxygen atoms in total. The van der Waals surface area contributed by atoms with Gasteiger partial charge in [0.2, 0.25) is 12.6 Å². The van der Waals surface area contributed by atoms with Crippen LogP contribution in [-0.4, -0.2) is 24.7 Å². The van der Waals surface area contributed by atoms with Gasteiger partial charge in [-0.1, -0.05) is 18.2 Å². The Bertz CT molecular complexity index is 1530. The zero-order valence-electron chi connectivity index (χ0n) is 18.0. The number of hydrogen-bond donors (Lipinski definition) is 0. The second-order valence-corrected chi connectivity index (χ2v) is 8.11. The number of nitrogens with zero attached hydrogens (tertiary/aromatic N) is 1. The molecule has 0 saturated heterocycles. The van der Waals surface area contributed by atoms with E-state index in [9.17, 15) is 14.0 Å². The lowest BCUT2D eigenvalue weighted by molar-refractivity contribution is 0.0714. The molecule has 0 bridgehead atoms. The molecule has 0 N–H and O–H groups in total. The van der Waals surface area contributed by atoms with Gasteiger partial charge in [0, 0.05) is 6.54 Å². The number of ether oxygens (including phenoxy) is 3. The molecule has 4 aromatic rings. The number of hydrogen-bond acceptors (Lipinski definition) is 6. The van der Waals surface area contributed by atoms with E-state index in [0.29, 0.717) is 22.8 Å². The van der Waals surface area contributed by atoms with Crippen molar-refractivity contribution in [1.82, 2.24) is 4.90 Å². The van der Waals surface area contributed by atoms with Crippen molar-refractivity contribution >= 4 is 16.9 Å². The molecule has 170 valence electrons. The van der Waals surface area contributed by atoms with Gasteiger partial charge >= 0.3 is 0 Å². The fourth-order valence-corrected chi connectivity index (χ4v) is 4.55. The molecule has 2 aliphatic rings. The number of rotatable bonds is 4. The van der Waals surface area contributed by atoms with Crippen LogP contribution in [0.4, 0.5) is 4.39 Å². The summed E-state index contributed by atoms with van der Waals surface area (Å²) in [6.07, 6.45) is 0. The molecule has 1 aromatic heterocycles. The average Bonchev–Trinajstić information content (AvgIpc) is 3.42. The summed E-state index contributed by atoms with van der Waals surface area (Å²) in [6, 6.07) is 15.5. The Morgan fingerprint density at radius 1 is 1.03 bits per heavy atom. The highest BCUT2D eigenvalue weighted by molar-refractivity contribution is 5.99. The first-order valence-electron chi connectivity index (χ1n) is 10.6. The number of methoxy groups -OCH3 is 1. The van der Waals surface area contributed by atoms with Crippen molar-refractivity contribution in [3.05, 3.63) is 99.2 Å². The maximum absolute atomic E-state index is 13.9. The number of fused-ring (bicyclic) bond motifs is 3. The molecule has 3 heterocycles. The molecule has 0 fully saturated rings. The van der Waals surface area contributed by atoms with Crippen LogP contribution in [-0.2, 0) is 6.54 Å². The lowest BCUT2D eigenvalue weighted by Crippen LogP contribution is -2.29. The first-order valence-corrected chi connectivity index (χ1v) is 10.6. The highest BCUT2D eigenvalue weighted by Gasteiger charge is 2.43. The standard InChI is InChI=1S/C26H18FNO6/c1-31-17-4-2-3-15(10-17)23-22-24(29)18-11-16(27)6-8-19(18)34-25(22)26(30)28(23)12-14-5-7-20-21(9-14)33-13-32-20/h2-11,23H,12-13H2,1H3/t23-/m1/s1. The van der Waals surface area contributed by atoms with Gasteiger partial charge in [-0.3, -0.25) is 9.59 Å². The second-order valence-electron chi connectivity index (χ2n) is 8.11. The Hall–Kier alpha value is -4.33. The van der Waals surface area contributed by atoms with E-state index < -0.39 is 23.2 Å². The van der Waals surface area contributed by atoms with Gasteiger partial charge in [0.15, 0.2) is 16.9 Å². The summed E-state index contributed by atoms with van der Waals surface area (Å²) in [4.78, 5) is 28.7. The van der Waals surface area contributed by atoms with Crippen LogP contribution in [0, 0.1) is 5.82 Å². The van der Waals surface area contributed by atoms with Crippen LogP contribution in [0.25, 0.3) is 11.0 Å². The quantitative estimate of drug-likeness (QED) is 0.450. The zero-order valence-corrected chi connectivity index (χ0v) is 18.0. The van der Waals surface area contributed by atoms with Gasteiger partial charge in [0.05, 0.1) is 24.1 Å². The van der Waals surface area contributed by atoms with Crippen molar-refractivity contribution in [2.24, 2.45) is 0 Å². The molecule has 0 unspecified atom stereocenters. The molecule has 0 radical (unpaired) electrons. The number of carbonyl (C=O) groups excluding carboxylic acids is 1. The van der Waals surface area contributed by atoms with Crippen molar-refractivity contribution in [2.45, 2.75) is 12.6 Å². The Balaban J connectivity index is 1.53. The molecule has 34 heavy (non-hydrogen) atoms. The molecule has 3 aromatic carbocycles. The molecule has 0 aliphatic carbocycles. The van der Waals surface area contributed by atoms with Crippen LogP contribution in [0.3, 0.4) is 0 Å². The molecule has 2 aliphatic heterocycles. The third-order valence-electron chi connectivity index (χ3n) is 6.13. The van der Waals surface area contributed by atoms with Crippen LogP contribution in [0.2, 0.25) is 0 Å². The molecule has 8 heteroatoms. The summed E-state index contributed by atoms with van der Waals surface area (Å²) in [6.45, 7) is 0.326. The third kappa shape index (κ3) is 3.10. The Labute approximate surface area is 192 Å². The highest BCUT2D eigenvalue weighted by Crippen LogP contribution is 2.41. The summed E-state index contributed by atoms with van der Waals surface area (Å²) in [5.74, 6) is 0.780. The van der Waals surface area contributed by atoms with Gasteiger partial charge in [-0.2, -0.15) is 0 Å². The fourth-order valence-electron chi connectivity index (χ4n) is 4.55. The zero-order chi connectivity index (χ0) is 23.4. The van der Waals surface area contributed by atoms with E-state index in [4.69, 9.17) is 18.6 Å². The van der Waals surface area contributed by atoms with E-state index in [0.717, 1.165) is 11.6 Å². The van der Waals surface area contributed by atoms with Crippen molar-refractivity contribution in [2.75, 3.05) is 13.9 Å². The predicted octanol–water partition coefficient (Wildman–Crippen LogP) is 4.41. The summed E-state index contributed by atoms with van der Waals surface area (Å²) in [5, 5.41) is 0.0874. The van der Waals surface area contributed by atoms with Crippen molar-refractivity contribution < 1.29 is 27.8 Å². The Morgan fingerprint density at radius 3 is 2.74 bits per heavy atom. The van der Waals surface area contributed by atoms with Crippen molar-refractivity contribution in [3.63, 3.8) is 0 Å². The number of amides is 1. The van der Waals surface area contributed by atoms with Gasteiger partial charge in [-0.25, -0.2) is 4.39 Å². The summed E-state index contributed by atoms with van der Waals surface area (Å²) < 4.78 is 36.0. The smallest absolute Gasteiger partial charge is 0.291 e. The normalized spacial score (nSPS) is 16.2. The van der Waals surface area contributed by atoms with E-state index in [-0.39, 0.29) is 35.6 Å². The van der Waals surface area contributed by atoms with Crippen molar-refractivity contribution in [1.29, 1.82) is 0 Å². The molecule has 1 amide bonds. The molecule has 6 rings (SSSR count). The van der Waals surface area contributed by atoms with Crippen LogP contribution in [0.1, 0.15) is 33.3 Å². The highest BCUT2D eigenvalue weighted by atomic mass is 19.1. The number of carbonyl (C=O) groups is 1. The first kappa shape index (κ1) is 20.3. The lowest BCUT2D eigenvalue weighted by atomic mass is 9.98. The topological polar surface area (TPSA) is 78.2 Å². The van der Waals surface area contributed by atoms with E-state index >= 15 is 0 Å². The SMILES string of the molecule is COc1cccc([C@@H]2c3c(oc4ccc(F)cc4c3=O)C(=O)N2Cc2ccc3c(c2)OCO3)c1. The minimum Gasteiger partial charge on any atom is -0.497 e. The van der Waals surface area contributed by atoms with E-state index in [1.54, 1.807) is 36.3 Å². The number of halogens is 1. The van der Waals surface area contributed by atoms with Gasteiger partial charge in [-0.15, -0.1) is 0 Å². The summed E-state index contributed by atoms with van der Waals surface area (Å²) in [7, 11) is 1.54. The van der Waals surface area contributed by atoms with Crippen LogP contribution < -0.4 is 19.6 Å². The first-order chi connectivity index (χ1) is 16.5. The van der Waals surface area contributed by atoms with Crippen LogP contribution >= 0.6 is 0 Å². The third-order valence-corrected chi connectivity index (χ3v) is 6.13. The van der Waals surface area contributed by atoms with E-state index in [1.165, 1.54) is 12.1 Å². The summed E-state index contributed by atoms with van der Waals surface area (Å²) >= 11 is 0. The van der Waals surface area contributed by atoms with Gasteiger partial charge < -0.3 is 23.5 Å². The largest absolute Gasteiger partial charge is 0.497 e. The van der Waals surface area contributed by atoms with Gasteiger partial charge in [0.1, 0.15) is 17.1 Å². The minimum absolute atomic E-state index is 0.0438. The monoisotopic (exact) mass is 459 g/mol. The molecule has 0 saturated carbocycles. The molecule has 1 atom stereocenters. The van der Waals surface area contributed by atoms with E-state index in [2.05, 4.69) is 0 Å². The Morgan fingerprint density at radius 2 is 1.88 bits per heavy atom. The second kappa shape index (κ2) is 7.62. The molecular weight excluding hydrogens is 441 g/mol. The van der Waals surface area contributed by atoms with Crippen LogP contribution in [0.15, 0.2) is 69.9 Å². The average molecular weight is 459 g/mol. The van der Waals surface area contributed by atoms with Gasteiger partial charge in [-0.05, 0) is 53.6 Å².